The van der Waals surface area contributed by atoms with Gasteiger partial charge in [0.15, 0.2) is 0 Å². The average molecular weight is 310 g/mol. The molecule has 3 rings (SSSR count). The number of aromatic nitrogens is 1. The van der Waals surface area contributed by atoms with E-state index in [4.69, 9.17) is 0 Å². The second-order valence-corrected chi connectivity index (χ2v) is 5.42. The summed E-state index contributed by atoms with van der Waals surface area (Å²) in [7, 11) is 0. The lowest BCUT2D eigenvalue weighted by Gasteiger charge is -2.20. The molecule has 0 radical (unpaired) electrons. The number of halogens is 2. The van der Waals surface area contributed by atoms with E-state index in [0.29, 0.717) is 5.69 Å². The second kappa shape index (κ2) is 4.52. The summed E-state index contributed by atoms with van der Waals surface area (Å²) in [5.74, 6) is -0.261. The van der Waals surface area contributed by atoms with Gasteiger partial charge >= 0.3 is 0 Å². The van der Waals surface area contributed by atoms with Crippen molar-refractivity contribution in [3.8, 4) is 5.69 Å². The summed E-state index contributed by atoms with van der Waals surface area (Å²) in [6.07, 6.45) is 4.02. The quantitative estimate of drug-likeness (QED) is 0.852. The van der Waals surface area contributed by atoms with Gasteiger partial charge in [0, 0.05) is 21.9 Å². The number of fused-ring (bicyclic) bond motifs is 1. The van der Waals surface area contributed by atoms with Gasteiger partial charge in [-0.3, -0.25) is 0 Å². The van der Waals surface area contributed by atoms with E-state index in [0.717, 1.165) is 35.0 Å². The molecule has 0 amide bonds. The number of aliphatic hydroxyl groups excluding tert-OH is 1. The van der Waals surface area contributed by atoms with E-state index in [-0.39, 0.29) is 5.82 Å². The summed E-state index contributed by atoms with van der Waals surface area (Å²) in [6, 6.07) is 6.83. The molecule has 94 valence electrons. The summed E-state index contributed by atoms with van der Waals surface area (Å²) < 4.78 is 16.5. The van der Waals surface area contributed by atoms with Crippen molar-refractivity contribution in [3.63, 3.8) is 0 Å². The van der Waals surface area contributed by atoms with Crippen molar-refractivity contribution >= 4 is 15.9 Å². The van der Waals surface area contributed by atoms with Gasteiger partial charge < -0.3 is 9.67 Å². The Morgan fingerprint density at radius 2 is 2.17 bits per heavy atom. The van der Waals surface area contributed by atoms with Crippen LogP contribution in [0.25, 0.3) is 5.69 Å². The molecule has 0 fully saturated rings. The zero-order valence-corrected chi connectivity index (χ0v) is 11.3. The predicted molar refractivity (Wildman–Crippen MR) is 71.3 cm³/mol. The summed E-state index contributed by atoms with van der Waals surface area (Å²) in [6.45, 7) is 0. The van der Waals surface area contributed by atoms with Crippen LogP contribution < -0.4 is 0 Å². The summed E-state index contributed by atoms with van der Waals surface area (Å²) in [5.41, 5.74) is 2.46. The summed E-state index contributed by atoms with van der Waals surface area (Å²) in [5, 5.41) is 9.94. The van der Waals surface area contributed by atoms with Crippen molar-refractivity contribution in [1.82, 2.24) is 4.57 Å². The maximum absolute atomic E-state index is 14.0. The Kier molecular flexibility index (Phi) is 2.99. The Balaban J connectivity index is 2.19. The van der Waals surface area contributed by atoms with E-state index in [1.165, 1.54) is 6.07 Å². The van der Waals surface area contributed by atoms with Crippen LogP contribution >= 0.6 is 15.9 Å². The minimum Gasteiger partial charge on any atom is -0.388 e. The molecule has 0 saturated carbocycles. The molecular formula is C14H13BrFNO. The maximum atomic E-state index is 14.0. The molecule has 2 nitrogen and oxygen atoms in total. The highest BCUT2D eigenvalue weighted by Gasteiger charge is 2.23. The molecule has 1 N–H and O–H groups in total. The third-order valence-electron chi connectivity index (χ3n) is 3.46. The first-order chi connectivity index (χ1) is 8.68. The fourth-order valence-electron chi connectivity index (χ4n) is 2.60. The van der Waals surface area contributed by atoms with Crippen LogP contribution in [0.2, 0.25) is 0 Å². The molecule has 1 atom stereocenters. The number of hydrogen-bond donors (Lipinski definition) is 1. The third kappa shape index (κ3) is 1.80. The van der Waals surface area contributed by atoms with Gasteiger partial charge in [0.25, 0.3) is 0 Å². The molecule has 1 aliphatic rings. The van der Waals surface area contributed by atoms with Crippen LogP contribution in [0.1, 0.15) is 30.2 Å². The molecule has 0 saturated heterocycles. The van der Waals surface area contributed by atoms with Crippen molar-refractivity contribution in [2.24, 2.45) is 0 Å². The fraction of sp³-hybridized carbons (Fsp3) is 0.286. The molecule has 1 aromatic carbocycles. The van der Waals surface area contributed by atoms with Gasteiger partial charge in [0.2, 0.25) is 0 Å². The molecule has 0 spiro atoms. The largest absolute Gasteiger partial charge is 0.388 e. The molecule has 1 aromatic heterocycles. The lowest BCUT2D eigenvalue weighted by Crippen LogP contribution is -2.12. The van der Waals surface area contributed by atoms with Gasteiger partial charge in [-0.15, -0.1) is 0 Å². The van der Waals surface area contributed by atoms with Gasteiger partial charge in [-0.25, -0.2) is 4.39 Å². The van der Waals surface area contributed by atoms with Crippen molar-refractivity contribution in [2.75, 3.05) is 0 Å². The molecule has 4 heteroatoms. The summed E-state index contributed by atoms with van der Waals surface area (Å²) in [4.78, 5) is 0. The number of para-hydroxylation sites is 1. The number of benzene rings is 1. The van der Waals surface area contributed by atoms with E-state index in [1.54, 1.807) is 6.07 Å². The Labute approximate surface area is 113 Å². The highest BCUT2D eigenvalue weighted by Crippen LogP contribution is 2.34. The van der Waals surface area contributed by atoms with Crippen molar-refractivity contribution < 1.29 is 9.50 Å². The van der Waals surface area contributed by atoms with Crippen LogP contribution in [0.4, 0.5) is 4.39 Å². The van der Waals surface area contributed by atoms with Crippen LogP contribution in [0.3, 0.4) is 0 Å². The SMILES string of the molecule is OC1CCCc2c1ccn2-c1c(F)cccc1Br. The van der Waals surface area contributed by atoms with Gasteiger partial charge in [-0.05, 0) is 53.4 Å². The fourth-order valence-corrected chi connectivity index (χ4v) is 3.13. The predicted octanol–water partition coefficient (Wildman–Crippen LogP) is 3.75. The maximum Gasteiger partial charge on any atom is 0.148 e. The first-order valence-electron chi connectivity index (χ1n) is 6.01. The first-order valence-corrected chi connectivity index (χ1v) is 6.80. The second-order valence-electron chi connectivity index (χ2n) is 4.57. The molecule has 1 heterocycles. The number of rotatable bonds is 1. The van der Waals surface area contributed by atoms with E-state index >= 15 is 0 Å². The highest BCUT2D eigenvalue weighted by atomic mass is 79.9. The van der Waals surface area contributed by atoms with Crippen molar-refractivity contribution in [3.05, 3.63) is 52.0 Å². The number of nitrogens with zero attached hydrogens (tertiary/aromatic N) is 1. The number of aliphatic hydroxyl groups is 1. The molecule has 1 aliphatic carbocycles. The molecule has 0 aliphatic heterocycles. The third-order valence-corrected chi connectivity index (χ3v) is 4.10. The first kappa shape index (κ1) is 11.9. The van der Waals surface area contributed by atoms with Crippen LogP contribution in [0.15, 0.2) is 34.9 Å². The van der Waals surface area contributed by atoms with E-state index in [1.807, 2.05) is 22.9 Å². The Hall–Kier alpha value is -1.13. The Morgan fingerprint density at radius 1 is 1.33 bits per heavy atom. The Morgan fingerprint density at radius 3 is 2.94 bits per heavy atom. The lowest BCUT2D eigenvalue weighted by molar-refractivity contribution is 0.156. The highest BCUT2D eigenvalue weighted by molar-refractivity contribution is 9.10. The zero-order chi connectivity index (χ0) is 12.7. The number of hydrogen-bond acceptors (Lipinski definition) is 1. The lowest BCUT2D eigenvalue weighted by atomic mass is 9.95. The van der Waals surface area contributed by atoms with Gasteiger partial charge in [0.05, 0.1) is 11.8 Å². The standard InChI is InChI=1S/C14H13BrFNO/c15-10-3-1-4-11(16)14(10)17-8-7-9-12(17)5-2-6-13(9)18/h1,3-4,7-8,13,18H,2,5-6H2. The van der Waals surface area contributed by atoms with E-state index in [2.05, 4.69) is 15.9 Å². The minimum absolute atomic E-state index is 0.261. The minimum atomic E-state index is -0.416. The van der Waals surface area contributed by atoms with Crippen LogP contribution in [0.5, 0.6) is 0 Å². The topological polar surface area (TPSA) is 25.2 Å². The van der Waals surface area contributed by atoms with Crippen LogP contribution in [-0.4, -0.2) is 9.67 Å². The van der Waals surface area contributed by atoms with Crippen LogP contribution in [0, 0.1) is 5.82 Å². The molecule has 2 aromatic rings. The van der Waals surface area contributed by atoms with E-state index < -0.39 is 6.10 Å². The smallest absolute Gasteiger partial charge is 0.148 e. The zero-order valence-electron chi connectivity index (χ0n) is 9.74. The van der Waals surface area contributed by atoms with Gasteiger partial charge in [-0.2, -0.15) is 0 Å². The van der Waals surface area contributed by atoms with Crippen molar-refractivity contribution in [1.29, 1.82) is 0 Å². The normalized spacial score (nSPS) is 18.7. The van der Waals surface area contributed by atoms with E-state index in [9.17, 15) is 9.50 Å². The molecule has 0 bridgehead atoms. The monoisotopic (exact) mass is 309 g/mol. The van der Waals surface area contributed by atoms with Gasteiger partial charge in [-0.1, -0.05) is 6.07 Å². The Bertz CT molecular complexity index is 573. The average Bonchev–Trinajstić information content (AvgIpc) is 2.75. The molecule has 1 unspecified atom stereocenters. The van der Waals surface area contributed by atoms with Crippen molar-refractivity contribution in [2.45, 2.75) is 25.4 Å². The van der Waals surface area contributed by atoms with Gasteiger partial charge in [0.1, 0.15) is 5.82 Å². The molecular weight excluding hydrogens is 297 g/mol. The van der Waals surface area contributed by atoms with Crippen LogP contribution in [-0.2, 0) is 6.42 Å². The summed E-state index contributed by atoms with van der Waals surface area (Å²) >= 11 is 3.39. The molecule has 18 heavy (non-hydrogen) atoms.